The van der Waals surface area contributed by atoms with E-state index in [1.165, 1.54) is 12.1 Å². The molecule has 0 spiro atoms. The molecule has 1 aliphatic rings. The number of nitrogens with zero attached hydrogens (tertiary/aromatic N) is 1. The Morgan fingerprint density at radius 3 is 2.28 bits per heavy atom. The SMILES string of the molecule is Cc1ccc2c(C)c(C(=O)ON3C(=O)c4ccccc4C3=O)[nH]c2c1. The Morgan fingerprint density at radius 1 is 1.00 bits per heavy atom. The molecule has 0 radical (unpaired) electrons. The first-order valence-corrected chi connectivity index (χ1v) is 7.76. The Balaban J connectivity index is 1.67. The van der Waals surface area contributed by atoms with Crippen LogP contribution >= 0.6 is 0 Å². The number of aromatic amines is 1. The van der Waals surface area contributed by atoms with Gasteiger partial charge in [-0.15, -0.1) is 0 Å². The summed E-state index contributed by atoms with van der Waals surface area (Å²) in [6, 6.07) is 12.1. The molecule has 2 amide bonds. The summed E-state index contributed by atoms with van der Waals surface area (Å²) in [5.74, 6) is -2.06. The minimum absolute atomic E-state index is 0.220. The van der Waals surface area contributed by atoms with E-state index in [4.69, 9.17) is 4.84 Å². The van der Waals surface area contributed by atoms with Crippen molar-refractivity contribution < 1.29 is 19.2 Å². The third kappa shape index (κ3) is 2.22. The first-order valence-electron chi connectivity index (χ1n) is 7.76. The monoisotopic (exact) mass is 334 g/mol. The van der Waals surface area contributed by atoms with Crippen molar-refractivity contribution >= 4 is 28.7 Å². The molecule has 2 heterocycles. The maximum Gasteiger partial charge on any atom is 0.380 e. The number of amides is 2. The van der Waals surface area contributed by atoms with Crippen molar-refractivity contribution in [2.24, 2.45) is 0 Å². The first-order chi connectivity index (χ1) is 12.0. The molecule has 6 heteroatoms. The van der Waals surface area contributed by atoms with Crippen LogP contribution in [0.1, 0.15) is 42.3 Å². The van der Waals surface area contributed by atoms with E-state index in [1.807, 2.05) is 25.1 Å². The summed E-state index contributed by atoms with van der Waals surface area (Å²) in [6.07, 6.45) is 0. The quantitative estimate of drug-likeness (QED) is 0.730. The Hall–Kier alpha value is -3.41. The molecule has 1 aliphatic heterocycles. The summed E-state index contributed by atoms with van der Waals surface area (Å²) < 4.78 is 0. The zero-order chi connectivity index (χ0) is 17.7. The van der Waals surface area contributed by atoms with Crippen LogP contribution in [0.2, 0.25) is 0 Å². The van der Waals surface area contributed by atoms with Crippen LogP contribution in [-0.4, -0.2) is 27.8 Å². The number of aryl methyl sites for hydroxylation is 2. The van der Waals surface area contributed by atoms with Gasteiger partial charge in [0.25, 0.3) is 11.8 Å². The van der Waals surface area contributed by atoms with E-state index in [1.54, 1.807) is 19.1 Å². The molecular weight excluding hydrogens is 320 g/mol. The number of imide groups is 1. The lowest BCUT2D eigenvalue weighted by Gasteiger charge is -2.12. The van der Waals surface area contributed by atoms with Gasteiger partial charge in [0, 0.05) is 10.9 Å². The van der Waals surface area contributed by atoms with E-state index in [-0.39, 0.29) is 16.8 Å². The van der Waals surface area contributed by atoms with Gasteiger partial charge in [0.15, 0.2) is 0 Å². The average Bonchev–Trinajstić information content (AvgIpc) is 3.05. The maximum absolute atomic E-state index is 12.5. The minimum Gasteiger partial charge on any atom is -0.349 e. The molecule has 0 bridgehead atoms. The molecule has 1 aromatic heterocycles. The average molecular weight is 334 g/mol. The molecule has 0 atom stereocenters. The summed E-state index contributed by atoms with van der Waals surface area (Å²) in [6.45, 7) is 3.74. The van der Waals surface area contributed by atoms with E-state index in [0.29, 0.717) is 10.6 Å². The molecule has 4 rings (SSSR count). The zero-order valence-corrected chi connectivity index (χ0v) is 13.6. The van der Waals surface area contributed by atoms with Gasteiger partial charge in [-0.05, 0) is 43.2 Å². The molecule has 6 nitrogen and oxygen atoms in total. The highest BCUT2D eigenvalue weighted by Crippen LogP contribution is 2.26. The fraction of sp³-hybridized carbons (Fsp3) is 0.105. The van der Waals surface area contributed by atoms with Gasteiger partial charge in [-0.1, -0.05) is 29.3 Å². The number of nitrogens with one attached hydrogen (secondary N) is 1. The van der Waals surface area contributed by atoms with Crippen molar-refractivity contribution in [3.05, 3.63) is 70.4 Å². The van der Waals surface area contributed by atoms with Crippen molar-refractivity contribution in [3.63, 3.8) is 0 Å². The third-order valence-electron chi connectivity index (χ3n) is 4.35. The van der Waals surface area contributed by atoms with Crippen LogP contribution < -0.4 is 0 Å². The van der Waals surface area contributed by atoms with Crippen LogP contribution in [0.3, 0.4) is 0 Å². The third-order valence-corrected chi connectivity index (χ3v) is 4.35. The molecule has 124 valence electrons. The predicted octanol–water partition coefficient (Wildman–Crippen LogP) is 3.15. The number of benzene rings is 2. The molecular formula is C19H14N2O4. The Kier molecular flexibility index (Phi) is 3.21. The number of fused-ring (bicyclic) bond motifs is 2. The van der Waals surface area contributed by atoms with Gasteiger partial charge >= 0.3 is 5.97 Å². The van der Waals surface area contributed by atoms with Crippen molar-refractivity contribution in [3.8, 4) is 0 Å². The first kappa shape index (κ1) is 15.1. The molecule has 2 aromatic carbocycles. The number of hydrogen-bond donors (Lipinski definition) is 1. The summed E-state index contributed by atoms with van der Waals surface area (Å²) in [4.78, 5) is 45.2. The molecule has 1 N–H and O–H groups in total. The maximum atomic E-state index is 12.5. The highest BCUT2D eigenvalue weighted by atomic mass is 16.7. The normalized spacial score (nSPS) is 13.4. The summed E-state index contributed by atoms with van der Waals surface area (Å²) in [7, 11) is 0. The van der Waals surface area contributed by atoms with Gasteiger partial charge in [-0.3, -0.25) is 9.59 Å². The van der Waals surface area contributed by atoms with Crippen molar-refractivity contribution in [2.75, 3.05) is 0 Å². The summed E-state index contributed by atoms with van der Waals surface area (Å²) >= 11 is 0. The number of H-pyrrole nitrogens is 1. The van der Waals surface area contributed by atoms with Crippen molar-refractivity contribution in [1.29, 1.82) is 0 Å². The van der Waals surface area contributed by atoms with Gasteiger partial charge in [0.1, 0.15) is 5.69 Å². The summed E-state index contributed by atoms with van der Waals surface area (Å²) in [5.41, 5.74) is 3.23. The van der Waals surface area contributed by atoms with E-state index in [2.05, 4.69) is 4.98 Å². The summed E-state index contributed by atoms with van der Waals surface area (Å²) in [5, 5.41) is 1.41. The number of rotatable bonds is 2. The molecule has 3 aromatic rings. The second kappa shape index (κ2) is 5.31. The van der Waals surface area contributed by atoms with Gasteiger partial charge in [-0.25, -0.2) is 4.79 Å². The van der Waals surface area contributed by atoms with Gasteiger partial charge in [0.2, 0.25) is 0 Å². The minimum atomic E-state index is -0.777. The topological polar surface area (TPSA) is 79.5 Å². The number of hydrogen-bond acceptors (Lipinski definition) is 4. The van der Waals surface area contributed by atoms with Crippen LogP contribution in [0.5, 0.6) is 0 Å². The van der Waals surface area contributed by atoms with E-state index in [9.17, 15) is 14.4 Å². The lowest BCUT2D eigenvalue weighted by molar-refractivity contribution is -0.0588. The van der Waals surface area contributed by atoms with Crippen molar-refractivity contribution in [1.82, 2.24) is 10.0 Å². The Bertz CT molecular complexity index is 1030. The highest BCUT2D eigenvalue weighted by Gasteiger charge is 2.39. The number of hydroxylamine groups is 2. The van der Waals surface area contributed by atoms with Crippen LogP contribution in [0.25, 0.3) is 10.9 Å². The number of aromatic nitrogens is 1. The van der Waals surface area contributed by atoms with Gasteiger partial charge in [-0.2, -0.15) is 0 Å². The van der Waals surface area contributed by atoms with E-state index >= 15 is 0 Å². The van der Waals surface area contributed by atoms with Gasteiger partial charge < -0.3 is 9.82 Å². The Labute approximate surface area is 143 Å². The molecule has 0 fully saturated rings. The standard InChI is InChI=1S/C19H14N2O4/c1-10-7-8-12-11(2)16(20-15(12)9-10)19(24)25-21-17(22)13-5-3-4-6-14(13)18(21)23/h3-9,20H,1-2H3. The fourth-order valence-corrected chi connectivity index (χ4v) is 3.03. The lowest BCUT2D eigenvalue weighted by atomic mass is 10.1. The van der Waals surface area contributed by atoms with Crippen LogP contribution in [0.4, 0.5) is 0 Å². The lowest BCUT2D eigenvalue weighted by Crippen LogP contribution is -2.33. The largest absolute Gasteiger partial charge is 0.380 e. The fourth-order valence-electron chi connectivity index (χ4n) is 3.03. The molecule has 0 aliphatic carbocycles. The van der Waals surface area contributed by atoms with E-state index < -0.39 is 17.8 Å². The van der Waals surface area contributed by atoms with Crippen LogP contribution in [0.15, 0.2) is 42.5 Å². The second-order valence-electron chi connectivity index (χ2n) is 6.00. The van der Waals surface area contributed by atoms with E-state index in [0.717, 1.165) is 16.5 Å². The number of carbonyl (C=O) groups excluding carboxylic acids is 3. The predicted molar refractivity (Wildman–Crippen MR) is 90.1 cm³/mol. The zero-order valence-electron chi connectivity index (χ0n) is 13.6. The van der Waals surface area contributed by atoms with Gasteiger partial charge in [0.05, 0.1) is 11.1 Å². The van der Waals surface area contributed by atoms with Crippen molar-refractivity contribution in [2.45, 2.75) is 13.8 Å². The smallest absolute Gasteiger partial charge is 0.349 e. The van der Waals surface area contributed by atoms with Crippen LogP contribution in [-0.2, 0) is 4.84 Å². The molecule has 0 saturated heterocycles. The highest BCUT2D eigenvalue weighted by molar-refractivity contribution is 6.21. The second-order valence-corrected chi connectivity index (χ2v) is 6.00. The number of carbonyl (C=O) groups is 3. The molecule has 25 heavy (non-hydrogen) atoms. The molecule has 0 saturated carbocycles. The van der Waals surface area contributed by atoms with Crippen LogP contribution in [0, 0.1) is 13.8 Å². The molecule has 0 unspecified atom stereocenters. The Morgan fingerprint density at radius 2 is 1.64 bits per heavy atom.